The number of hydrogen-bond donors (Lipinski definition) is 0. The Bertz CT molecular complexity index is 350. The first-order valence-corrected chi connectivity index (χ1v) is 4.72. The Balaban J connectivity index is 2.35. The van der Waals surface area contributed by atoms with Gasteiger partial charge in [-0.25, -0.2) is 9.67 Å². The van der Waals surface area contributed by atoms with E-state index in [4.69, 9.17) is 0 Å². The van der Waals surface area contributed by atoms with Crippen molar-refractivity contribution in [3.05, 3.63) is 29.5 Å². The van der Waals surface area contributed by atoms with Crippen LogP contribution < -0.4 is 0 Å². The maximum Gasteiger partial charge on any atom is 0.210 e. The Morgan fingerprint density at radius 1 is 1.58 bits per heavy atom. The summed E-state index contributed by atoms with van der Waals surface area (Å²) in [6.07, 6.45) is 4.64. The number of aromatic nitrogens is 3. The number of nitrogens with zero attached hydrogens (tertiary/aromatic N) is 3. The summed E-state index contributed by atoms with van der Waals surface area (Å²) in [7, 11) is 0. The van der Waals surface area contributed by atoms with Gasteiger partial charge in [-0.1, -0.05) is 6.92 Å². The van der Waals surface area contributed by atoms with E-state index in [2.05, 4.69) is 22.4 Å². The first-order valence-electron chi connectivity index (χ1n) is 3.84. The summed E-state index contributed by atoms with van der Waals surface area (Å²) in [6, 6.07) is 1.90. The average molecular weight is 179 g/mol. The summed E-state index contributed by atoms with van der Waals surface area (Å²) in [6.45, 7) is 2.10. The van der Waals surface area contributed by atoms with Gasteiger partial charge in [0.2, 0.25) is 5.13 Å². The molecule has 12 heavy (non-hydrogen) atoms. The van der Waals surface area contributed by atoms with Gasteiger partial charge in [-0.15, -0.1) is 11.3 Å². The predicted molar refractivity (Wildman–Crippen MR) is 48.6 cm³/mol. The molecule has 0 amide bonds. The highest BCUT2D eigenvalue weighted by Crippen LogP contribution is 2.13. The van der Waals surface area contributed by atoms with Gasteiger partial charge in [-0.05, 0) is 12.5 Å². The molecule has 0 unspecified atom stereocenters. The van der Waals surface area contributed by atoms with E-state index >= 15 is 0 Å². The number of rotatable bonds is 2. The van der Waals surface area contributed by atoms with Crippen molar-refractivity contribution in [1.29, 1.82) is 0 Å². The van der Waals surface area contributed by atoms with Crippen LogP contribution in [-0.2, 0) is 6.42 Å². The van der Waals surface area contributed by atoms with Crippen molar-refractivity contribution in [1.82, 2.24) is 14.8 Å². The summed E-state index contributed by atoms with van der Waals surface area (Å²) in [5.41, 5.74) is 1.13. The van der Waals surface area contributed by atoms with Gasteiger partial charge < -0.3 is 0 Å². The van der Waals surface area contributed by atoms with E-state index in [9.17, 15) is 0 Å². The number of aryl methyl sites for hydroxylation is 1. The molecule has 0 aliphatic carbocycles. The molecular weight excluding hydrogens is 170 g/mol. The van der Waals surface area contributed by atoms with E-state index in [-0.39, 0.29) is 0 Å². The summed E-state index contributed by atoms with van der Waals surface area (Å²) in [5.74, 6) is 0. The standard InChI is InChI=1S/C8H9N3S/c1-2-7-6-12-8(10-7)11-5-3-4-9-11/h3-6H,2H2,1H3. The van der Waals surface area contributed by atoms with Crippen LogP contribution in [0.25, 0.3) is 5.13 Å². The minimum Gasteiger partial charge on any atom is -0.223 e. The lowest BCUT2D eigenvalue weighted by atomic mass is 10.4. The third-order valence-corrected chi connectivity index (χ3v) is 2.48. The van der Waals surface area contributed by atoms with E-state index in [1.165, 1.54) is 0 Å². The molecular formula is C8H9N3S. The average Bonchev–Trinajstić information content (AvgIpc) is 2.75. The number of hydrogen-bond acceptors (Lipinski definition) is 3. The Labute approximate surface area is 74.7 Å². The Morgan fingerprint density at radius 3 is 3.08 bits per heavy atom. The zero-order valence-corrected chi connectivity index (χ0v) is 7.58. The van der Waals surface area contributed by atoms with Crippen LogP contribution in [0.1, 0.15) is 12.6 Å². The lowest BCUT2D eigenvalue weighted by Gasteiger charge is -1.91. The summed E-state index contributed by atoms with van der Waals surface area (Å²) >= 11 is 1.62. The van der Waals surface area contributed by atoms with Gasteiger partial charge in [0.05, 0.1) is 5.69 Å². The molecule has 2 rings (SSSR count). The smallest absolute Gasteiger partial charge is 0.210 e. The first kappa shape index (κ1) is 7.49. The van der Waals surface area contributed by atoms with Crippen LogP contribution in [0.15, 0.2) is 23.8 Å². The van der Waals surface area contributed by atoms with Crippen molar-refractivity contribution >= 4 is 11.3 Å². The quantitative estimate of drug-likeness (QED) is 0.704. The molecule has 2 aromatic heterocycles. The molecule has 4 heteroatoms. The molecule has 2 aromatic rings. The van der Waals surface area contributed by atoms with Gasteiger partial charge in [-0.2, -0.15) is 5.10 Å². The highest BCUT2D eigenvalue weighted by molar-refractivity contribution is 7.12. The lowest BCUT2D eigenvalue weighted by molar-refractivity contribution is 0.859. The molecule has 0 saturated heterocycles. The van der Waals surface area contributed by atoms with Crippen LogP contribution in [0.5, 0.6) is 0 Å². The molecule has 2 heterocycles. The summed E-state index contributed by atoms with van der Waals surface area (Å²) in [5, 5.41) is 7.11. The highest BCUT2D eigenvalue weighted by Gasteiger charge is 2.01. The summed E-state index contributed by atoms with van der Waals surface area (Å²) < 4.78 is 1.78. The molecule has 0 atom stereocenters. The van der Waals surface area contributed by atoms with Crippen LogP contribution in [0.4, 0.5) is 0 Å². The molecule has 0 saturated carbocycles. The third-order valence-electron chi connectivity index (χ3n) is 1.60. The van der Waals surface area contributed by atoms with Crippen molar-refractivity contribution in [3.8, 4) is 5.13 Å². The molecule has 0 aliphatic rings. The van der Waals surface area contributed by atoms with Crippen molar-refractivity contribution in [3.63, 3.8) is 0 Å². The molecule has 0 N–H and O–H groups in total. The third kappa shape index (κ3) is 1.25. The first-order chi connectivity index (χ1) is 5.90. The van der Waals surface area contributed by atoms with Gasteiger partial charge in [0.1, 0.15) is 0 Å². The van der Waals surface area contributed by atoms with Crippen LogP contribution in [0, 0.1) is 0 Å². The van der Waals surface area contributed by atoms with E-state index < -0.39 is 0 Å². The van der Waals surface area contributed by atoms with E-state index in [1.54, 1.807) is 22.2 Å². The molecule has 0 spiro atoms. The van der Waals surface area contributed by atoms with Crippen molar-refractivity contribution < 1.29 is 0 Å². The Hall–Kier alpha value is -1.16. The van der Waals surface area contributed by atoms with Gasteiger partial charge >= 0.3 is 0 Å². The second-order valence-electron chi connectivity index (χ2n) is 2.43. The van der Waals surface area contributed by atoms with Gasteiger partial charge in [-0.3, -0.25) is 0 Å². The van der Waals surface area contributed by atoms with E-state index in [0.29, 0.717) is 0 Å². The Kier molecular flexibility index (Phi) is 1.91. The molecule has 62 valence electrons. The molecule has 0 fully saturated rings. The minimum atomic E-state index is 0.942. The second kappa shape index (κ2) is 3.06. The van der Waals surface area contributed by atoms with Crippen LogP contribution in [0.3, 0.4) is 0 Å². The summed E-state index contributed by atoms with van der Waals surface area (Å²) in [4.78, 5) is 4.39. The topological polar surface area (TPSA) is 30.7 Å². The monoisotopic (exact) mass is 179 g/mol. The SMILES string of the molecule is CCc1csc(-n2cccn2)n1. The second-order valence-corrected chi connectivity index (χ2v) is 3.26. The molecule has 0 radical (unpaired) electrons. The zero-order valence-electron chi connectivity index (χ0n) is 6.77. The fourth-order valence-corrected chi connectivity index (χ4v) is 1.79. The van der Waals surface area contributed by atoms with E-state index in [0.717, 1.165) is 17.2 Å². The molecule has 0 bridgehead atoms. The fraction of sp³-hybridized carbons (Fsp3) is 0.250. The highest BCUT2D eigenvalue weighted by atomic mass is 32.1. The van der Waals surface area contributed by atoms with Crippen molar-refractivity contribution in [2.45, 2.75) is 13.3 Å². The van der Waals surface area contributed by atoms with Crippen molar-refractivity contribution in [2.24, 2.45) is 0 Å². The van der Waals surface area contributed by atoms with Gasteiger partial charge in [0.25, 0.3) is 0 Å². The van der Waals surface area contributed by atoms with Gasteiger partial charge in [0.15, 0.2) is 0 Å². The maximum absolute atomic E-state index is 4.39. The van der Waals surface area contributed by atoms with Crippen LogP contribution in [0.2, 0.25) is 0 Å². The number of thiazole rings is 1. The maximum atomic E-state index is 4.39. The van der Waals surface area contributed by atoms with E-state index in [1.807, 2.05) is 12.3 Å². The minimum absolute atomic E-state index is 0.942. The van der Waals surface area contributed by atoms with Gasteiger partial charge in [0, 0.05) is 17.8 Å². The lowest BCUT2D eigenvalue weighted by Crippen LogP contribution is -1.93. The Morgan fingerprint density at radius 2 is 2.50 bits per heavy atom. The molecule has 3 nitrogen and oxygen atoms in total. The molecule has 0 aromatic carbocycles. The fourth-order valence-electron chi connectivity index (χ4n) is 0.946. The van der Waals surface area contributed by atoms with Crippen LogP contribution in [-0.4, -0.2) is 14.8 Å². The normalized spacial score (nSPS) is 10.4. The zero-order chi connectivity index (χ0) is 8.39. The van der Waals surface area contributed by atoms with Crippen molar-refractivity contribution in [2.75, 3.05) is 0 Å². The largest absolute Gasteiger partial charge is 0.223 e. The predicted octanol–water partition coefficient (Wildman–Crippen LogP) is 1.89. The molecule has 0 aliphatic heterocycles. The van der Waals surface area contributed by atoms with Crippen LogP contribution >= 0.6 is 11.3 Å².